The number of aromatic nitrogens is 2. The van der Waals surface area contributed by atoms with E-state index in [-0.39, 0.29) is 0 Å². The van der Waals surface area contributed by atoms with Crippen molar-refractivity contribution >= 4 is 23.0 Å². The molecule has 2 heterocycles. The minimum atomic E-state index is 0.349. The molecule has 0 atom stereocenters. The van der Waals surface area contributed by atoms with Crippen molar-refractivity contribution in [3.8, 4) is 0 Å². The Labute approximate surface area is 116 Å². The van der Waals surface area contributed by atoms with Crippen molar-refractivity contribution in [2.75, 3.05) is 17.9 Å². The molecule has 0 aliphatic heterocycles. The molecule has 102 valence electrons. The third kappa shape index (κ3) is 3.63. The molecule has 2 aromatic heterocycles. The van der Waals surface area contributed by atoms with Crippen LogP contribution in [0, 0.1) is 6.92 Å². The normalized spacial score (nSPS) is 10.5. The summed E-state index contributed by atoms with van der Waals surface area (Å²) in [5, 5.41) is 7.52. The van der Waals surface area contributed by atoms with Gasteiger partial charge in [0.05, 0.1) is 0 Å². The van der Waals surface area contributed by atoms with E-state index in [2.05, 4.69) is 38.4 Å². The van der Waals surface area contributed by atoms with Crippen LogP contribution in [0.1, 0.15) is 17.0 Å². The van der Waals surface area contributed by atoms with Crippen LogP contribution in [-0.2, 0) is 17.9 Å². The van der Waals surface area contributed by atoms with E-state index in [1.807, 2.05) is 0 Å². The number of hydrogen-bond acceptors (Lipinski definition) is 7. The first-order chi connectivity index (χ1) is 9.22. The highest BCUT2D eigenvalue weighted by molar-refractivity contribution is 7.08. The standard InChI is InChI=1S/C12H17N5OS/c1-8-6-19-7-9(8)4-14-10-3-11(17-13)16-12(15-10)5-18-2/h3,6-7H,4-5,13H2,1-2H3,(H2,14,15,16,17). The van der Waals surface area contributed by atoms with Gasteiger partial charge < -0.3 is 15.5 Å². The van der Waals surface area contributed by atoms with Crippen molar-refractivity contribution in [2.24, 2.45) is 5.84 Å². The van der Waals surface area contributed by atoms with Gasteiger partial charge in [-0.1, -0.05) is 0 Å². The number of nitrogens with two attached hydrogens (primary N) is 1. The van der Waals surface area contributed by atoms with E-state index in [1.54, 1.807) is 24.5 Å². The van der Waals surface area contributed by atoms with Gasteiger partial charge in [-0.3, -0.25) is 0 Å². The van der Waals surface area contributed by atoms with E-state index in [9.17, 15) is 0 Å². The lowest BCUT2D eigenvalue weighted by atomic mass is 10.2. The largest absolute Gasteiger partial charge is 0.377 e. The molecule has 2 aromatic rings. The van der Waals surface area contributed by atoms with Gasteiger partial charge in [0.25, 0.3) is 0 Å². The van der Waals surface area contributed by atoms with Crippen molar-refractivity contribution in [1.82, 2.24) is 9.97 Å². The fraction of sp³-hybridized carbons (Fsp3) is 0.333. The highest BCUT2D eigenvalue weighted by Gasteiger charge is 2.05. The second-order valence-corrected chi connectivity index (χ2v) is 4.81. The minimum absolute atomic E-state index is 0.349. The van der Waals surface area contributed by atoms with Crippen LogP contribution in [0.15, 0.2) is 16.8 Å². The summed E-state index contributed by atoms with van der Waals surface area (Å²) in [5.41, 5.74) is 5.07. The Morgan fingerprint density at radius 3 is 2.74 bits per heavy atom. The van der Waals surface area contributed by atoms with E-state index >= 15 is 0 Å². The molecule has 0 bridgehead atoms. The van der Waals surface area contributed by atoms with Crippen molar-refractivity contribution in [3.05, 3.63) is 33.8 Å². The van der Waals surface area contributed by atoms with Crippen LogP contribution in [0.3, 0.4) is 0 Å². The Balaban J connectivity index is 2.10. The van der Waals surface area contributed by atoms with Gasteiger partial charge >= 0.3 is 0 Å². The van der Waals surface area contributed by atoms with E-state index in [4.69, 9.17) is 10.6 Å². The molecule has 0 amide bonds. The van der Waals surface area contributed by atoms with Gasteiger partial charge in [0.1, 0.15) is 18.2 Å². The predicted molar refractivity (Wildman–Crippen MR) is 76.9 cm³/mol. The topological polar surface area (TPSA) is 85.1 Å². The van der Waals surface area contributed by atoms with Gasteiger partial charge in [-0.25, -0.2) is 15.8 Å². The number of methoxy groups -OCH3 is 1. The molecule has 7 heteroatoms. The lowest BCUT2D eigenvalue weighted by Gasteiger charge is -2.09. The molecule has 0 aliphatic rings. The lowest BCUT2D eigenvalue weighted by molar-refractivity contribution is 0.178. The lowest BCUT2D eigenvalue weighted by Crippen LogP contribution is -2.12. The summed E-state index contributed by atoms with van der Waals surface area (Å²) >= 11 is 1.70. The summed E-state index contributed by atoms with van der Waals surface area (Å²) in [6, 6.07) is 1.76. The molecule has 0 radical (unpaired) electrons. The third-order valence-electron chi connectivity index (χ3n) is 2.62. The van der Waals surface area contributed by atoms with Gasteiger partial charge in [0.15, 0.2) is 5.82 Å². The Morgan fingerprint density at radius 2 is 2.11 bits per heavy atom. The first kappa shape index (κ1) is 13.7. The first-order valence-electron chi connectivity index (χ1n) is 5.82. The average molecular weight is 279 g/mol. The molecular weight excluding hydrogens is 262 g/mol. The van der Waals surface area contributed by atoms with Crippen molar-refractivity contribution in [3.63, 3.8) is 0 Å². The molecule has 0 saturated carbocycles. The van der Waals surface area contributed by atoms with Gasteiger partial charge in [-0.2, -0.15) is 11.3 Å². The van der Waals surface area contributed by atoms with Gasteiger partial charge in [0, 0.05) is 19.7 Å². The molecule has 4 N–H and O–H groups in total. The highest BCUT2D eigenvalue weighted by atomic mass is 32.1. The average Bonchev–Trinajstić information content (AvgIpc) is 2.82. The molecule has 0 saturated heterocycles. The summed E-state index contributed by atoms with van der Waals surface area (Å²) < 4.78 is 5.03. The summed E-state index contributed by atoms with van der Waals surface area (Å²) in [7, 11) is 1.60. The molecule has 19 heavy (non-hydrogen) atoms. The van der Waals surface area contributed by atoms with E-state index < -0.39 is 0 Å². The molecule has 0 aromatic carbocycles. The van der Waals surface area contributed by atoms with Gasteiger partial charge in [-0.05, 0) is 28.8 Å². The van der Waals surface area contributed by atoms with Gasteiger partial charge in [0.2, 0.25) is 0 Å². The summed E-state index contributed by atoms with van der Waals surface area (Å²) in [4.78, 5) is 8.55. The molecule has 2 rings (SSSR count). The number of thiophene rings is 1. The zero-order valence-corrected chi connectivity index (χ0v) is 11.8. The molecule has 0 spiro atoms. The number of aryl methyl sites for hydroxylation is 1. The van der Waals surface area contributed by atoms with Crippen LogP contribution in [0.25, 0.3) is 0 Å². The van der Waals surface area contributed by atoms with Crippen LogP contribution in [-0.4, -0.2) is 17.1 Å². The van der Waals surface area contributed by atoms with Crippen LogP contribution >= 0.6 is 11.3 Å². The summed E-state index contributed by atoms with van der Waals surface area (Å²) in [6.45, 7) is 3.17. The molecular formula is C12H17N5OS. The predicted octanol–water partition coefficient (Wildman–Crippen LogP) is 1.89. The van der Waals surface area contributed by atoms with E-state index in [1.165, 1.54) is 11.1 Å². The number of ether oxygens (including phenoxy) is 1. The van der Waals surface area contributed by atoms with Crippen molar-refractivity contribution in [2.45, 2.75) is 20.1 Å². The van der Waals surface area contributed by atoms with Crippen LogP contribution in [0.2, 0.25) is 0 Å². The minimum Gasteiger partial charge on any atom is -0.377 e. The van der Waals surface area contributed by atoms with Crippen LogP contribution in [0.4, 0.5) is 11.6 Å². The Bertz CT molecular complexity index is 543. The molecule has 0 fully saturated rings. The third-order valence-corrected chi connectivity index (χ3v) is 3.53. The van der Waals surface area contributed by atoms with Gasteiger partial charge in [-0.15, -0.1) is 0 Å². The summed E-state index contributed by atoms with van der Waals surface area (Å²) in [6.07, 6.45) is 0. The van der Waals surface area contributed by atoms with Crippen LogP contribution in [0.5, 0.6) is 0 Å². The number of nitrogen functional groups attached to an aromatic ring is 1. The number of nitrogens with zero attached hydrogens (tertiary/aromatic N) is 2. The fourth-order valence-corrected chi connectivity index (χ4v) is 2.47. The Kier molecular flexibility index (Phi) is 4.67. The number of anilines is 2. The fourth-order valence-electron chi connectivity index (χ4n) is 1.61. The SMILES string of the molecule is COCc1nc(NN)cc(NCc2cscc2C)n1. The van der Waals surface area contributed by atoms with Crippen LogP contribution < -0.4 is 16.6 Å². The van der Waals surface area contributed by atoms with E-state index in [0.717, 1.165) is 12.4 Å². The van der Waals surface area contributed by atoms with Crippen molar-refractivity contribution < 1.29 is 4.74 Å². The zero-order valence-electron chi connectivity index (χ0n) is 10.9. The Morgan fingerprint density at radius 1 is 1.32 bits per heavy atom. The molecule has 0 aliphatic carbocycles. The zero-order chi connectivity index (χ0) is 13.7. The van der Waals surface area contributed by atoms with E-state index in [0.29, 0.717) is 18.2 Å². The monoisotopic (exact) mass is 279 g/mol. The molecule has 6 nitrogen and oxygen atoms in total. The maximum absolute atomic E-state index is 5.39. The smallest absolute Gasteiger partial charge is 0.158 e. The second kappa shape index (κ2) is 6.46. The maximum atomic E-state index is 5.39. The number of rotatable bonds is 6. The maximum Gasteiger partial charge on any atom is 0.158 e. The Hall–Kier alpha value is -1.70. The quantitative estimate of drug-likeness (QED) is 0.553. The first-order valence-corrected chi connectivity index (χ1v) is 6.76. The van der Waals surface area contributed by atoms with Crippen molar-refractivity contribution in [1.29, 1.82) is 0 Å². The molecule has 0 unspecified atom stereocenters. The highest BCUT2D eigenvalue weighted by Crippen LogP contribution is 2.16. The number of nitrogens with one attached hydrogen (secondary N) is 2. The number of hydrazine groups is 1. The summed E-state index contributed by atoms with van der Waals surface area (Å²) in [5.74, 6) is 7.26. The number of hydrogen-bond donors (Lipinski definition) is 3. The second-order valence-electron chi connectivity index (χ2n) is 4.07.